The van der Waals surface area contributed by atoms with Gasteiger partial charge in [0.1, 0.15) is 6.04 Å². The first-order valence-electron chi connectivity index (χ1n) is 5.62. The van der Waals surface area contributed by atoms with Gasteiger partial charge in [0.05, 0.1) is 7.11 Å². The van der Waals surface area contributed by atoms with E-state index in [1.807, 2.05) is 0 Å². The largest absolute Gasteiger partial charge is 0.468 e. The minimum atomic E-state index is -0.0921. The fraction of sp³-hybridized carbons (Fsp3) is 0.909. The van der Waals surface area contributed by atoms with E-state index in [-0.39, 0.29) is 12.0 Å². The van der Waals surface area contributed by atoms with Gasteiger partial charge in [-0.3, -0.25) is 4.79 Å². The fourth-order valence-electron chi connectivity index (χ4n) is 2.87. The van der Waals surface area contributed by atoms with Gasteiger partial charge >= 0.3 is 5.97 Å². The van der Waals surface area contributed by atoms with Crippen LogP contribution in [0.2, 0.25) is 0 Å². The summed E-state index contributed by atoms with van der Waals surface area (Å²) in [5, 5.41) is 3.26. The molecule has 1 saturated heterocycles. The molecule has 0 amide bonds. The second kappa shape index (κ2) is 4.30. The van der Waals surface area contributed by atoms with Gasteiger partial charge in [0.2, 0.25) is 0 Å². The average molecular weight is 197 g/mol. The van der Waals surface area contributed by atoms with Crippen LogP contribution < -0.4 is 5.32 Å². The van der Waals surface area contributed by atoms with Crippen LogP contribution in [0.5, 0.6) is 0 Å². The van der Waals surface area contributed by atoms with Crippen LogP contribution in [0.15, 0.2) is 0 Å². The van der Waals surface area contributed by atoms with E-state index in [4.69, 9.17) is 4.74 Å². The highest BCUT2D eigenvalue weighted by Gasteiger charge is 2.35. The van der Waals surface area contributed by atoms with Gasteiger partial charge in [-0.25, -0.2) is 0 Å². The Bertz CT molecular complexity index is 211. The summed E-state index contributed by atoms with van der Waals surface area (Å²) in [6.07, 6.45) is 6.46. The molecular formula is C11H19NO2. The monoisotopic (exact) mass is 197 g/mol. The van der Waals surface area contributed by atoms with Crippen LogP contribution in [0.1, 0.15) is 32.1 Å². The molecule has 3 nitrogen and oxygen atoms in total. The molecule has 1 saturated carbocycles. The molecule has 0 radical (unpaired) electrons. The molecule has 2 fully saturated rings. The minimum absolute atomic E-state index is 0.0365. The molecule has 0 aromatic carbocycles. The molecule has 0 spiro atoms. The molecular weight excluding hydrogens is 178 g/mol. The van der Waals surface area contributed by atoms with Crippen LogP contribution in [-0.4, -0.2) is 25.7 Å². The van der Waals surface area contributed by atoms with Crippen LogP contribution in [0.25, 0.3) is 0 Å². The first-order chi connectivity index (χ1) is 6.81. The van der Waals surface area contributed by atoms with Crippen LogP contribution >= 0.6 is 0 Å². The third-order valence-corrected chi connectivity index (χ3v) is 3.72. The number of methoxy groups -OCH3 is 1. The van der Waals surface area contributed by atoms with E-state index in [1.165, 1.54) is 32.8 Å². The summed E-state index contributed by atoms with van der Waals surface area (Å²) in [6.45, 7) is 1.00. The molecule has 0 aromatic rings. The molecule has 0 aromatic heterocycles. The van der Waals surface area contributed by atoms with E-state index in [1.54, 1.807) is 0 Å². The number of rotatable bonds is 2. The van der Waals surface area contributed by atoms with E-state index < -0.39 is 0 Å². The van der Waals surface area contributed by atoms with Crippen LogP contribution in [0.3, 0.4) is 0 Å². The number of ether oxygens (including phenoxy) is 1. The molecule has 2 aliphatic rings. The summed E-state index contributed by atoms with van der Waals surface area (Å²) in [6, 6.07) is -0.0365. The third kappa shape index (κ3) is 1.92. The Kier molecular flexibility index (Phi) is 3.06. The second-order valence-electron chi connectivity index (χ2n) is 4.52. The number of esters is 1. The van der Waals surface area contributed by atoms with Crippen LogP contribution in [-0.2, 0) is 9.53 Å². The lowest BCUT2D eigenvalue weighted by molar-refractivity contribution is -0.142. The van der Waals surface area contributed by atoms with Crippen molar-refractivity contribution >= 4 is 5.97 Å². The van der Waals surface area contributed by atoms with Crippen LogP contribution in [0, 0.1) is 11.8 Å². The smallest absolute Gasteiger partial charge is 0.322 e. The predicted molar refractivity (Wildman–Crippen MR) is 53.9 cm³/mol. The molecule has 1 N–H and O–H groups in total. The Hall–Kier alpha value is -0.570. The quantitative estimate of drug-likeness (QED) is 0.679. The average Bonchev–Trinajstić information content (AvgIpc) is 2.86. The summed E-state index contributed by atoms with van der Waals surface area (Å²) in [7, 11) is 1.47. The van der Waals surface area contributed by atoms with E-state index >= 15 is 0 Å². The van der Waals surface area contributed by atoms with Crippen molar-refractivity contribution in [1.82, 2.24) is 5.32 Å². The van der Waals surface area contributed by atoms with Crippen molar-refractivity contribution in [2.75, 3.05) is 13.7 Å². The van der Waals surface area contributed by atoms with E-state index in [9.17, 15) is 4.79 Å². The van der Waals surface area contributed by atoms with Crippen molar-refractivity contribution in [1.29, 1.82) is 0 Å². The molecule has 0 unspecified atom stereocenters. The normalized spacial score (nSPS) is 33.5. The van der Waals surface area contributed by atoms with Gasteiger partial charge in [0.25, 0.3) is 0 Å². The van der Waals surface area contributed by atoms with Crippen molar-refractivity contribution in [2.24, 2.45) is 11.8 Å². The maximum Gasteiger partial charge on any atom is 0.322 e. The number of nitrogens with one attached hydrogen (secondary N) is 1. The highest BCUT2D eigenvalue weighted by Crippen LogP contribution is 2.35. The maximum absolute atomic E-state index is 11.3. The summed E-state index contributed by atoms with van der Waals surface area (Å²) in [4.78, 5) is 11.3. The first kappa shape index (κ1) is 9.97. The second-order valence-corrected chi connectivity index (χ2v) is 4.52. The molecule has 80 valence electrons. The molecule has 14 heavy (non-hydrogen) atoms. The summed E-state index contributed by atoms with van der Waals surface area (Å²) < 4.78 is 4.74. The van der Waals surface area contributed by atoms with Crippen molar-refractivity contribution < 1.29 is 9.53 Å². The SMILES string of the molecule is COC(=O)[C@@H]1C[C@@H](C2CCCC2)CN1. The lowest BCUT2D eigenvalue weighted by Gasteiger charge is -2.16. The highest BCUT2D eigenvalue weighted by atomic mass is 16.5. The van der Waals surface area contributed by atoms with E-state index in [0.29, 0.717) is 5.92 Å². The lowest BCUT2D eigenvalue weighted by atomic mass is 9.89. The molecule has 1 aliphatic heterocycles. The molecule has 1 heterocycles. The zero-order valence-electron chi connectivity index (χ0n) is 8.79. The minimum Gasteiger partial charge on any atom is -0.468 e. The number of hydrogen-bond acceptors (Lipinski definition) is 3. The summed E-state index contributed by atoms with van der Waals surface area (Å²) >= 11 is 0. The van der Waals surface area contributed by atoms with Gasteiger partial charge in [-0.2, -0.15) is 0 Å². The zero-order valence-corrected chi connectivity index (χ0v) is 8.79. The predicted octanol–water partition coefficient (Wildman–Crippen LogP) is 1.33. The molecule has 0 bridgehead atoms. The van der Waals surface area contributed by atoms with Gasteiger partial charge in [0, 0.05) is 0 Å². The molecule has 3 heteroatoms. The van der Waals surface area contributed by atoms with Gasteiger partial charge in [-0.1, -0.05) is 25.7 Å². The van der Waals surface area contributed by atoms with Crippen molar-refractivity contribution in [3.05, 3.63) is 0 Å². The maximum atomic E-state index is 11.3. The van der Waals surface area contributed by atoms with Gasteiger partial charge in [-0.15, -0.1) is 0 Å². The van der Waals surface area contributed by atoms with Crippen molar-refractivity contribution in [2.45, 2.75) is 38.1 Å². The lowest BCUT2D eigenvalue weighted by Crippen LogP contribution is -2.31. The van der Waals surface area contributed by atoms with Crippen molar-refractivity contribution in [3.8, 4) is 0 Å². The Labute approximate surface area is 85.2 Å². The first-order valence-corrected chi connectivity index (χ1v) is 5.62. The van der Waals surface area contributed by atoms with Gasteiger partial charge < -0.3 is 10.1 Å². The van der Waals surface area contributed by atoms with Crippen molar-refractivity contribution in [3.63, 3.8) is 0 Å². The molecule has 2 rings (SSSR count). The fourth-order valence-corrected chi connectivity index (χ4v) is 2.87. The number of carbonyl (C=O) groups excluding carboxylic acids is 1. The number of hydrogen-bond donors (Lipinski definition) is 1. The molecule has 1 aliphatic carbocycles. The zero-order chi connectivity index (χ0) is 9.97. The highest BCUT2D eigenvalue weighted by molar-refractivity contribution is 5.76. The topological polar surface area (TPSA) is 38.3 Å². The third-order valence-electron chi connectivity index (χ3n) is 3.72. The van der Waals surface area contributed by atoms with Gasteiger partial charge in [-0.05, 0) is 24.8 Å². The standard InChI is InChI=1S/C11H19NO2/c1-14-11(13)10-6-9(7-12-10)8-4-2-3-5-8/h8-10,12H,2-7H2,1H3/t9-,10+/m1/s1. The number of carbonyl (C=O) groups is 1. The summed E-state index contributed by atoms with van der Waals surface area (Å²) in [5.41, 5.74) is 0. The Morgan fingerprint density at radius 1 is 1.29 bits per heavy atom. The Morgan fingerprint density at radius 3 is 2.64 bits per heavy atom. The molecule has 2 atom stereocenters. The van der Waals surface area contributed by atoms with Crippen LogP contribution in [0.4, 0.5) is 0 Å². The Morgan fingerprint density at radius 2 is 2.00 bits per heavy atom. The summed E-state index contributed by atoms with van der Waals surface area (Å²) in [5.74, 6) is 1.48. The Balaban J connectivity index is 1.84. The van der Waals surface area contributed by atoms with E-state index in [0.717, 1.165) is 18.9 Å². The van der Waals surface area contributed by atoms with Gasteiger partial charge in [0.15, 0.2) is 0 Å². The van der Waals surface area contributed by atoms with E-state index in [2.05, 4.69) is 5.32 Å².